The molecule has 1 heterocycles. The van der Waals surface area contributed by atoms with Gasteiger partial charge in [-0.3, -0.25) is 4.57 Å². The summed E-state index contributed by atoms with van der Waals surface area (Å²) in [6, 6.07) is 9.20. The first-order valence-electron chi connectivity index (χ1n) is 7.68. The Morgan fingerprint density at radius 2 is 1.96 bits per heavy atom. The number of nitrogens with zero attached hydrogens (tertiary/aromatic N) is 1. The fourth-order valence-corrected chi connectivity index (χ4v) is 4.41. The number of ether oxygens (including phenoxy) is 1. The number of hydrogen-bond donors (Lipinski definition) is 1. The molecule has 2 aromatic carbocycles. The zero-order chi connectivity index (χ0) is 19.1. The van der Waals surface area contributed by atoms with E-state index < -0.39 is 21.8 Å². The smallest absolute Gasteiger partial charge is 0.419 e. The Bertz CT molecular complexity index is 1130. The summed E-state index contributed by atoms with van der Waals surface area (Å²) in [6.45, 7) is 1.74. The number of sulfonamides is 1. The molecule has 1 atom stereocenters. The molecule has 0 radical (unpaired) electrons. The second kappa shape index (κ2) is 6.90. The van der Waals surface area contributed by atoms with Crippen molar-refractivity contribution in [3.63, 3.8) is 0 Å². The number of aryl methyl sites for hydroxylation is 1. The molecule has 0 amide bonds. The number of aromatic nitrogens is 1. The molecular weight excluding hydrogens is 424 g/mol. The zero-order valence-electron chi connectivity index (χ0n) is 14.3. The summed E-state index contributed by atoms with van der Waals surface area (Å²) in [5.74, 6) is 0.118. The molecule has 0 saturated heterocycles. The molecule has 0 aliphatic heterocycles. The van der Waals surface area contributed by atoms with Crippen LogP contribution in [-0.2, 0) is 17.1 Å². The Morgan fingerprint density at radius 1 is 1.23 bits per heavy atom. The number of rotatable bonds is 5. The summed E-state index contributed by atoms with van der Waals surface area (Å²) in [7, 11) is -0.680. The molecule has 3 rings (SSSR count). The van der Waals surface area contributed by atoms with Gasteiger partial charge in [0.2, 0.25) is 10.0 Å². The maximum absolute atomic E-state index is 12.7. The largest absolute Gasteiger partial charge is 0.496 e. The fraction of sp³-hybridized carbons (Fsp3) is 0.235. The average molecular weight is 441 g/mol. The van der Waals surface area contributed by atoms with Crippen LogP contribution < -0.4 is 15.2 Å². The van der Waals surface area contributed by atoms with E-state index in [1.54, 1.807) is 45.3 Å². The van der Waals surface area contributed by atoms with Gasteiger partial charge >= 0.3 is 5.76 Å². The van der Waals surface area contributed by atoms with Crippen molar-refractivity contribution in [3.8, 4) is 5.75 Å². The summed E-state index contributed by atoms with van der Waals surface area (Å²) in [5, 5.41) is 0. The molecule has 1 N–H and O–H groups in total. The van der Waals surface area contributed by atoms with Gasteiger partial charge in [0, 0.05) is 19.2 Å². The SMILES string of the molecule is COc1ccc(C(C)NS(=O)(=O)c2ccc3c(c2)oc(=O)n3C)cc1Br. The molecular formula is C17H17BrN2O5S. The van der Waals surface area contributed by atoms with E-state index in [9.17, 15) is 13.2 Å². The predicted octanol–water partition coefficient (Wildman–Crippen LogP) is 2.94. The van der Waals surface area contributed by atoms with Crippen molar-refractivity contribution < 1.29 is 17.6 Å². The first-order chi connectivity index (χ1) is 12.2. The van der Waals surface area contributed by atoms with Gasteiger partial charge in [-0.15, -0.1) is 0 Å². The van der Waals surface area contributed by atoms with Crippen LogP contribution in [0.4, 0.5) is 0 Å². The van der Waals surface area contributed by atoms with E-state index in [0.717, 1.165) is 10.0 Å². The van der Waals surface area contributed by atoms with E-state index in [1.807, 2.05) is 0 Å². The van der Waals surface area contributed by atoms with Crippen molar-refractivity contribution in [2.24, 2.45) is 7.05 Å². The first-order valence-corrected chi connectivity index (χ1v) is 9.96. The minimum atomic E-state index is -3.80. The highest BCUT2D eigenvalue weighted by molar-refractivity contribution is 9.10. The monoisotopic (exact) mass is 440 g/mol. The Morgan fingerprint density at radius 3 is 2.62 bits per heavy atom. The molecule has 0 saturated carbocycles. The Hall–Kier alpha value is -2.10. The zero-order valence-corrected chi connectivity index (χ0v) is 16.7. The number of nitrogens with one attached hydrogen (secondary N) is 1. The van der Waals surface area contributed by atoms with Crippen LogP contribution in [0.15, 0.2) is 55.0 Å². The van der Waals surface area contributed by atoms with Gasteiger partial charge in [-0.05, 0) is 52.7 Å². The van der Waals surface area contributed by atoms with Gasteiger partial charge in [-0.1, -0.05) is 6.07 Å². The van der Waals surface area contributed by atoms with E-state index in [0.29, 0.717) is 11.3 Å². The Balaban J connectivity index is 1.90. The molecule has 0 bridgehead atoms. The van der Waals surface area contributed by atoms with Gasteiger partial charge in [0.25, 0.3) is 0 Å². The third-order valence-corrected chi connectivity index (χ3v) is 6.24. The van der Waals surface area contributed by atoms with E-state index >= 15 is 0 Å². The van der Waals surface area contributed by atoms with Crippen LogP contribution in [0.2, 0.25) is 0 Å². The minimum absolute atomic E-state index is 0.0266. The fourth-order valence-electron chi connectivity index (χ4n) is 2.60. The maximum atomic E-state index is 12.7. The van der Waals surface area contributed by atoms with Crippen molar-refractivity contribution in [2.45, 2.75) is 17.9 Å². The number of hydrogen-bond acceptors (Lipinski definition) is 5. The number of fused-ring (bicyclic) bond motifs is 1. The summed E-state index contributed by atoms with van der Waals surface area (Å²) in [6.07, 6.45) is 0. The minimum Gasteiger partial charge on any atom is -0.496 e. The molecule has 7 nitrogen and oxygen atoms in total. The Kier molecular flexibility index (Phi) is 4.96. The van der Waals surface area contributed by atoms with Crippen LogP contribution in [0, 0.1) is 0 Å². The van der Waals surface area contributed by atoms with Crippen molar-refractivity contribution in [1.29, 1.82) is 0 Å². The molecule has 1 unspecified atom stereocenters. The average Bonchev–Trinajstić information content (AvgIpc) is 2.88. The molecule has 0 aliphatic rings. The summed E-state index contributed by atoms with van der Waals surface area (Å²) in [4.78, 5) is 11.6. The van der Waals surface area contributed by atoms with E-state index in [-0.39, 0.29) is 10.5 Å². The molecule has 26 heavy (non-hydrogen) atoms. The lowest BCUT2D eigenvalue weighted by molar-refractivity contribution is 0.412. The van der Waals surface area contributed by atoms with Crippen LogP contribution in [0.5, 0.6) is 5.75 Å². The van der Waals surface area contributed by atoms with E-state index in [2.05, 4.69) is 20.7 Å². The van der Waals surface area contributed by atoms with E-state index in [4.69, 9.17) is 9.15 Å². The van der Waals surface area contributed by atoms with Crippen molar-refractivity contribution in [1.82, 2.24) is 9.29 Å². The van der Waals surface area contributed by atoms with Gasteiger partial charge in [0.05, 0.1) is 22.0 Å². The maximum Gasteiger partial charge on any atom is 0.419 e. The molecule has 138 valence electrons. The van der Waals surface area contributed by atoms with Gasteiger partial charge in [-0.25, -0.2) is 17.9 Å². The first kappa shape index (κ1) is 18.7. The molecule has 9 heteroatoms. The second-order valence-corrected chi connectivity index (χ2v) is 8.36. The summed E-state index contributed by atoms with van der Waals surface area (Å²) in [5.41, 5.74) is 1.52. The quantitative estimate of drug-likeness (QED) is 0.658. The number of halogens is 1. The summed E-state index contributed by atoms with van der Waals surface area (Å²) < 4.78 is 40.3. The van der Waals surface area contributed by atoms with Gasteiger partial charge < -0.3 is 9.15 Å². The van der Waals surface area contributed by atoms with Crippen LogP contribution in [-0.4, -0.2) is 20.1 Å². The standard InChI is InChI=1S/C17H17BrN2O5S/c1-10(11-4-7-15(24-3)13(18)8-11)19-26(22,23)12-5-6-14-16(9-12)25-17(21)20(14)2/h4-10,19H,1-3H3. The highest BCUT2D eigenvalue weighted by Crippen LogP contribution is 2.28. The second-order valence-electron chi connectivity index (χ2n) is 5.79. The third kappa shape index (κ3) is 3.42. The number of oxazole rings is 1. The molecule has 0 spiro atoms. The lowest BCUT2D eigenvalue weighted by Gasteiger charge is -2.16. The lowest BCUT2D eigenvalue weighted by Crippen LogP contribution is -2.26. The molecule has 0 aliphatic carbocycles. The Labute approximate surface area is 158 Å². The van der Waals surface area contributed by atoms with Gasteiger partial charge in [0.1, 0.15) is 5.75 Å². The van der Waals surface area contributed by atoms with Crippen LogP contribution in [0.25, 0.3) is 11.1 Å². The molecule has 0 fully saturated rings. The highest BCUT2D eigenvalue weighted by atomic mass is 79.9. The normalized spacial score (nSPS) is 13.1. The van der Waals surface area contributed by atoms with Crippen molar-refractivity contribution in [2.75, 3.05) is 7.11 Å². The number of benzene rings is 2. The van der Waals surface area contributed by atoms with Crippen molar-refractivity contribution >= 4 is 37.1 Å². The highest BCUT2D eigenvalue weighted by Gasteiger charge is 2.20. The topological polar surface area (TPSA) is 90.5 Å². The van der Waals surface area contributed by atoms with Gasteiger partial charge in [-0.2, -0.15) is 0 Å². The molecule has 1 aromatic heterocycles. The predicted molar refractivity (Wildman–Crippen MR) is 101 cm³/mol. The van der Waals surface area contributed by atoms with Crippen molar-refractivity contribution in [3.05, 3.63) is 57.0 Å². The van der Waals surface area contributed by atoms with Crippen LogP contribution in [0.3, 0.4) is 0 Å². The molecule has 3 aromatic rings. The lowest BCUT2D eigenvalue weighted by atomic mass is 10.1. The van der Waals surface area contributed by atoms with Gasteiger partial charge in [0.15, 0.2) is 5.58 Å². The van der Waals surface area contributed by atoms with Crippen LogP contribution in [0.1, 0.15) is 18.5 Å². The van der Waals surface area contributed by atoms with E-state index in [1.165, 1.54) is 16.7 Å². The summed E-state index contributed by atoms with van der Waals surface area (Å²) >= 11 is 3.39. The number of methoxy groups -OCH3 is 1. The van der Waals surface area contributed by atoms with Crippen LogP contribution >= 0.6 is 15.9 Å². The third-order valence-electron chi connectivity index (χ3n) is 4.08.